The van der Waals surface area contributed by atoms with Crippen molar-refractivity contribution in [2.45, 2.75) is 32.7 Å². The molecule has 0 heterocycles. The Morgan fingerprint density at radius 3 is 2.71 bits per heavy atom. The standard InChI is InChI=1S/C15H24N2/c1-3-10-17(12-13-8-9-13)15-7-5-4-6-14(15)11-16-2/h4-7,13,16H,3,8-12H2,1-2H3. The highest BCUT2D eigenvalue weighted by molar-refractivity contribution is 5.53. The maximum Gasteiger partial charge on any atom is 0.0411 e. The van der Waals surface area contributed by atoms with Crippen molar-refractivity contribution in [2.24, 2.45) is 5.92 Å². The molecule has 1 fully saturated rings. The first-order valence-electron chi connectivity index (χ1n) is 6.82. The lowest BCUT2D eigenvalue weighted by atomic mass is 10.1. The molecule has 0 atom stereocenters. The predicted octanol–water partition coefficient (Wildman–Crippen LogP) is 3.03. The first kappa shape index (κ1) is 12.4. The van der Waals surface area contributed by atoms with Gasteiger partial charge in [0.15, 0.2) is 0 Å². The molecule has 1 saturated carbocycles. The van der Waals surface area contributed by atoms with Crippen LogP contribution < -0.4 is 10.2 Å². The summed E-state index contributed by atoms with van der Waals surface area (Å²) in [7, 11) is 2.02. The molecule has 0 amide bonds. The van der Waals surface area contributed by atoms with Crippen LogP contribution in [0.25, 0.3) is 0 Å². The van der Waals surface area contributed by atoms with Gasteiger partial charge in [-0.05, 0) is 43.9 Å². The first-order valence-corrected chi connectivity index (χ1v) is 6.82. The van der Waals surface area contributed by atoms with Crippen LogP contribution in [0.2, 0.25) is 0 Å². The van der Waals surface area contributed by atoms with Gasteiger partial charge in [0.25, 0.3) is 0 Å². The highest BCUT2D eigenvalue weighted by Gasteiger charge is 2.24. The summed E-state index contributed by atoms with van der Waals surface area (Å²) in [4.78, 5) is 2.57. The smallest absolute Gasteiger partial charge is 0.0411 e. The van der Waals surface area contributed by atoms with Crippen molar-refractivity contribution in [2.75, 3.05) is 25.0 Å². The van der Waals surface area contributed by atoms with Gasteiger partial charge in [-0.25, -0.2) is 0 Å². The van der Waals surface area contributed by atoms with Crippen LogP contribution in [-0.2, 0) is 6.54 Å². The SMILES string of the molecule is CCCN(CC1CC1)c1ccccc1CNC. The van der Waals surface area contributed by atoms with E-state index in [1.807, 2.05) is 7.05 Å². The number of para-hydroxylation sites is 1. The van der Waals surface area contributed by atoms with E-state index in [1.54, 1.807) is 0 Å². The minimum absolute atomic E-state index is 0.948. The summed E-state index contributed by atoms with van der Waals surface area (Å²) in [5, 5.41) is 3.26. The molecule has 0 bridgehead atoms. The summed E-state index contributed by atoms with van der Waals surface area (Å²) in [5.41, 5.74) is 2.85. The molecule has 2 nitrogen and oxygen atoms in total. The van der Waals surface area contributed by atoms with E-state index in [4.69, 9.17) is 0 Å². The Kier molecular flexibility index (Phi) is 4.43. The number of hydrogen-bond donors (Lipinski definition) is 1. The van der Waals surface area contributed by atoms with Crippen molar-refractivity contribution in [3.05, 3.63) is 29.8 Å². The van der Waals surface area contributed by atoms with Crippen molar-refractivity contribution in [1.29, 1.82) is 0 Å². The van der Waals surface area contributed by atoms with Crippen LogP contribution in [-0.4, -0.2) is 20.1 Å². The van der Waals surface area contributed by atoms with Crippen molar-refractivity contribution >= 4 is 5.69 Å². The Hall–Kier alpha value is -1.02. The average Bonchev–Trinajstić information content (AvgIpc) is 3.14. The summed E-state index contributed by atoms with van der Waals surface area (Å²) >= 11 is 0. The minimum atomic E-state index is 0.948. The molecule has 2 rings (SSSR count). The first-order chi connectivity index (χ1) is 8.35. The van der Waals surface area contributed by atoms with Crippen molar-refractivity contribution in [1.82, 2.24) is 5.32 Å². The van der Waals surface area contributed by atoms with E-state index in [0.717, 1.165) is 12.5 Å². The average molecular weight is 232 g/mol. The molecule has 0 aromatic heterocycles. The third kappa shape index (κ3) is 3.47. The largest absolute Gasteiger partial charge is 0.371 e. The monoisotopic (exact) mass is 232 g/mol. The molecule has 0 radical (unpaired) electrons. The Balaban J connectivity index is 2.14. The summed E-state index contributed by atoms with van der Waals surface area (Å²) in [5.74, 6) is 0.948. The van der Waals surface area contributed by atoms with Crippen molar-refractivity contribution < 1.29 is 0 Å². The van der Waals surface area contributed by atoms with Crippen LogP contribution in [0.15, 0.2) is 24.3 Å². The molecule has 1 aliphatic carbocycles. The molecule has 1 aromatic carbocycles. The highest BCUT2D eigenvalue weighted by atomic mass is 15.1. The fourth-order valence-corrected chi connectivity index (χ4v) is 2.35. The zero-order valence-electron chi connectivity index (χ0n) is 11.1. The lowest BCUT2D eigenvalue weighted by Gasteiger charge is -2.27. The fourth-order valence-electron chi connectivity index (χ4n) is 2.35. The third-order valence-electron chi connectivity index (χ3n) is 3.37. The second kappa shape index (κ2) is 6.06. The third-order valence-corrected chi connectivity index (χ3v) is 3.37. The van der Waals surface area contributed by atoms with Gasteiger partial charge in [-0.15, -0.1) is 0 Å². The molecule has 17 heavy (non-hydrogen) atoms. The van der Waals surface area contributed by atoms with Gasteiger partial charge in [-0.2, -0.15) is 0 Å². The van der Waals surface area contributed by atoms with Crippen LogP contribution in [0.4, 0.5) is 5.69 Å². The predicted molar refractivity (Wildman–Crippen MR) is 74.4 cm³/mol. The molecule has 1 aromatic rings. The van der Waals surface area contributed by atoms with Gasteiger partial charge in [-0.3, -0.25) is 0 Å². The number of nitrogens with zero attached hydrogens (tertiary/aromatic N) is 1. The van der Waals surface area contributed by atoms with E-state index < -0.39 is 0 Å². The highest BCUT2D eigenvalue weighted by Crippen LogP contribution is 2.32. The van der Waals surface area contributed by atoms with Gasteiger partial charge < -0.3 is 10.2 Å². The Morgan fingerprint density at radius 1 is 1.29 bits per heavy atom. The summed E-state index contributed by atoms with van der Waals surface area (Å²) < 4.78 is 0. The van der Waals surface area contributed by atoms with Gasteiger partial charge in [-0.1, -0.05) is 25.1 Å². The molecule has 0 unspecified atom stereocenters. The van der Waals surface area contributed by atoms with E-state index >= 15 is 0 Å². The van der Waals surface area contributed by atoms with Crippen LogP contribution in [0.3, 0.4) is 0 Å². The molecule has 1 N–H and O–H groups in total. The molecular weight excluding hydrogens is 208 g/mol. The normalized spacial score (nSPS) is 14.9. The molecule has 0 saturated heterocycles. The zero-order valence-corrected chi connectivity index (χ0v) is 11.1. The molecule has 1 aliphatic rings. The Morgan fingerprint density at radius 2 is 2.06 bits per heavy atom. The number of rotatable bonds is 7. The molecule has 0 spiro atoms. The summed E-state index contributed by atoms with van der Waals surface area (Å²) in [6.07, 6.45) is 4.07. The van der Waals surface area contributed by atoms with Crippen LogP contribution in [0, 0.1) is 5.92 Å². The maximum atomic E-state index is 3.26. The van der Waals surface area contributed by atoms with Gasteiger partial charge in [0.1, 0.15) is 0 Å². The molecular formula is C15H24N2. The minimum Gasteiger partial charge on any atom is -0.371 e. The number of benzene rings is 1. The van der Waals surface area contributed by atoms with E-state index in [9.17, 15) is 0 Å². The van der Waals surface area contributed by atoms with Crippen LogP contribution >= 0.6 is 0 Å². The van der Waals surface area contributed by atoms with E-state index in [1.165, 1.54) is 43.6 Å². The Bertz CT molecular complexity index is 345. The lowest BCUT2D eigenvalue weighted by Crippen LogP contribution is -2.28. The van der Waals surface area contributed by atoms with E-state index in [-0.39, 0.29) is 0 Å². The van der Waals surface area contributed by atoms with Gasteiger partial charge in [0.2, 0.25) is 0 Å². The second-order valence-electron chi connectivity index (χ2n) is 5.05. The summed E-state index contributed by atoms with van der Waals surface area (Å²) in [6.45, 7) is 5.65. The second-order valence-corrected chi connectivity index (χ2v) is 5.05. The fraction of sp³-hybridized carbons (Fsp3) is 0.600. The van der Waals surface area contributed by atoms with Crippen LogP contribution in [0.5, 0.6) is 0 Å². The lowest BCUT2D eigenvalue weighted by molar-refractivity contribution is 0.699. The Labute approximate surface area is 105 Å². The van der Waals surface area contributed by atoms with Gasteiger partial charge >= 0.3 is 0 Å². The van der Waals surface area contributed by atoms with Crippen molar-refractivity contribution in [3.8, 4) is 0 Å². The maximum absolute atomic E-state index is 3.26. The number of anilines is 1. The summed E-state index contributed by atoms with van der Waals surface area (Å²) in [6, 6.07) is 8.80. The number of nitrogens with one attached hydrogen (secondary N) is 1. The van der Waals surface area contributed by atoms with Gasteiger partial charge in [0, 0.05) is 25.3 Å². The topological polar surface area (TPSA) is 15.3 Å². The van der Waals surface area contributed by atoms with Crippen molar-refractivity contribution in [3.63, 3.8) is 0 Å². The van der Waals surface area contributed by atoms with Gasteiger partial charge in [0.05, 0.1) is 0 Å². The quantitative estimate of drug-likeness (QED) is 0.777. The van der Waals surface area contributed by atoms with E-state index in [0.29, 0.717) is 0 Å². The molecule has 2 heteroatoms. The number of hydrogen-bond acceptors (Lipinski definition) is 2. The molecule has 0 aliphatic heterocycles. The van der Waals surface area contributed by atoms with E-state index in [2.05, 4.69) is 41.4 Å². The zero-order chi connectivity index (χ0) is 12.1. The molecule has 94 valence electrons. The van der Waals surface area contributed by atoms with Crippen LogP contribution in [0.1, 0.15) is 31.7 Å².